The van der Waals surface area contributed by atoms with Crippen molar-refractivity contribution in [1.82, 2.24) is 9.71 Å². The van der Waals surface area contributed by atoms with E-state index in [2.05, 4.69) is 9.71 Å². The van der Waals surface area contributed by atoms with Crippen LogP contribution in [0.5, 0.6) is 0 Å². The van der Waals surface area contributed by atoms with E-state index in [-0.39, 0.29) is 28.6 Å². The summed E-state index contributed by atoms with van der Waals surface area (Å²) in [6, 6.07) is 2.71. The molecule has 0 unspecified atom stereocenters. The second-order valence-electron chi connectivity index (χ2n) is 5.00. The predicted molar refractivity (Wildman–Crippen MR) is 72.4 cm³/mol. The monoisotopic (exact) mass is 304 g/mol. The van der Waals surface area contributed by atoms with E-state index in [0.717, 1.165) is 25.7 Å². The van der Waals surface area contributed by atoms with Crippen LogP contribution in [0.15, 0.2) is 23.2 Å². The third-order valence-corrected chi connectivity index (χ3v) is 5.25. The number of halogens is 1. The first-order chi connectivity index (χ1) is 8.97. The van der Waals surface area contributed by atoms with E-state index in [4.69, 9.17) is 11.6 Å². The molecule has 1 aromatic heterocycles. The number of aliphatic hydroxyl groups is 1. The molecule has 19 heavy (non-hydrogen) atoms. The van der Waals surface area contributed by atoms with E-state index < -0.39 is 10.0 Å². The van der Waals surface area contributed by atoms with Gasteiger partial charge < -0.3 is 5.11 Å². The summed E-state index contributed by atoms with van der Waals surface area (Å²) >= 11 is 5.69. The van der Waals surface area contributed by atoms with Crippen molar-refractivity contribution in [2.75, 3.05) is 13.2 Å². The zero-order chi connectivity index (χ0) is 13.9. The van der Waals surface area contributed by atoms with E-state index in [9.17, 15) is 13.5 Å². The van der Waals surface area contributed by atoms with E-state index in [0.29, 0.717) is 0 Å². The number of hydrogen-bond acceptors (Lipinski definition) is 4. The van der Waals surface area contributed by atoms with Gasteiger partial charge in [-0.3, -0.25) is 0 Å². The fourth-order valence-electron chi connectivity index (χ4n) is 2.40. The number of rotatable bonds is 5. The van der Waals surface area contributed by atoms with Crippen molar-refractivity contribution in [3.8, 4) is 0 Å². The van der Waals surface area contributed by atoms with E-state index in [1.807, 2.05) is 0 Å². The highest BCUT2D eigenvalue weighted by atomic mass is 35.5. The second-order valence-corrected chi connectivity index (χ2v) is 7.16. The Morgan fingerprint density at radius 2 is 2.11 bits per heavy atom. The van der Waals surface area contributed by atoms with Gasteiger partial charge in [0.05, 0.1) is 4.90 Å². The first-order valence-electron chi connectivity index (χ1n) is 6.20. The van der Waals surface area contributed by atoms with Crippen LogP contribution in [-0.2, 0) is 10.0 Å². The summed E-state index contributed by atoms with van der Waals surface area (Å²) in [6.07, 6.45) is 5.12. The van der Waals surface area contributed by atoms with Crippen LogP contribution in [-0.4, -0.2) is 31.7 Å². The summed E-state index contributed by atoms with van der Waals surface area (Å²) in [5.41, 5.74) is -0.316. The lowest BCUT2D eigenvalue weighted by molar-refractivity contribution is 0.134. The first kappa shape index (κ1) is 14.7. The third-order valence-electron chi connectivity index (χ3n) is 3.65. The number of aliphatic hydroxyl groups excluding tert-OH is 1. The highest BCUT2D eigenvalue weighted by Gasteiger charge is 2.34. The molecule has 0 bridgehead atoms. The maximum atomic E-state index is 12.1. The first-order valence-corrected chi connectivity index (χ1v) is 8.06. The van der Waals surface area contributed by atoms with Crippen LogP contribution in [0.4, 0.5) is 0 Å². The molecular formula is C12H17ClN2O3S. The lowest BCUT2D eigenvalue weighted by Gasteiger charge is -2.26. The molecule has 5 nitrogen and oxygen atoms in total. The molecule has 0 amide bonds. The van der Waals surface area contributed by atoms with Gasteiger partial charge in [0, 0.05) is 24.8 Å². The van der Waals surface area contributed by atoms with Gasteiger partial charge in [-0.1, -0.05) is 24.4 Å². The van der Waals surface area contributed by atoms with Crippen LogP contribution in [0, 0.1) is 5.41 Å². The minimum atomic E-state index is -3.60. The van der Waals surface area contributed by atoms with Gasteiger partial charge in [0.15, 0.2) is 0 Å². The molecule has 0 spiro atoms. The molecule has 0 atom stereocenters. The quantitative estimate of drug-likeness (QED) is 0.809. The maximum absolute atomic E-state index is 12.1. The van der Waals surface area contributed by atoms with Crippen molar-refractivity contribution >= 4 is 21.6 Å². The fourth-order valence-corrected chi connectivity index (χ4v) is 3.81. The Labute approximate surface area is 118 Å². The molecule has 0 aromatic carbocycles. The number of nitrogens with one attached hydrogen (secondary N) is 1. The third kappa shape index (κ3) is 3.45. The van der Waals surface area contributed by atoms with Gasteiger partial charge >= 0.3 is 0 Å². The van der Waals surface area contributed by atoms with Gasteiger partial charge in [-0.25, -0.2) is 18.1 Å². The molecule has 7 heteroatoms. The van der Waals surface area contributed by atoms with Crippen molar-refractivity contribution in [2.24, 2.45) is 5.41 Å². The zero-order valence-corrected chi connectivity index (χ0v) is 12.0. The smallest absolute Gasteiger partial charge is 0.240 e. The van der Waals surface area contributed by atoms with Crippen molar-refractivity contribution in [3.63, 3.8) is 0 Å². The number of aromatic nitrogens is 1. The summed E-state index contributed by atoms with van der Waals surface area (Å²) in [6.45, 7) is 0.262. The standard InChI is InChI=1S/C12H17ClN2O3S/c13-11-7-10(3-6-14-11)19(17,18)15-8-12(9-16)4-1-2-5-12/h3,6-7,15-16H,1-2,4-5,8-9H2. The Kier molecular flexibility index (Phi) is 4.45. The van der Waals surface area contributed by atoms with E-state index >= 15 is 0 Å². The molecule has 106 valence electrons. The molecule has 2 rings (SSSR count). The molecule has 1 heterocycles. The predicted octanol–water partition coefficient (Wildman–Crippen LogP) is 1.57. The van der Waals surface area contributed by atoms with Crippen molar-refractivity contribution in [1.29, 1.82) is 0 Å². The summed E-state index contributed by atoms with van der Waals surface area (Å²) in [5.74, 6) is 0. The Morgan fingerprint density at radius 3 is 2.68 bits per heavy atom. The summed E-state index contributed by atoms with van der Waals surface area (Å²) in [4.78, 5) is 3.85. The van der Waals surface area contributed by atoms with Crippen LogP contribution in [0.25, 0.3) is 0 Å². The molecule has 1 saturated carbocycles. The summed E-state index contributed by atoms with van der Waals surface area (Å²) in [5, 5.41) is 9.60. The second kappa shape index (κ2) is 5.75. The molecule has 0 radical (unpaired) electrons. The van der Waals surface area contributed by atoms with Gasteiger partial charge in [-0.05, 0) is 25.0 Å². The van der Waals surface area contributed by atoms with Crippen LogP contribution >= 0.6 is 11.6 Å². The summed E-state index contributed by atoms with van der Waals surface area (Å²) in [7, 11) is -3.60. The van der Waals surface area contributed by atoms with Gasteiger partial charge in [0.1, 0.15) is 5.15 Å². The summed E-state index contributed by atoms with van der Waals surface area (Å²) < 4.78 is 26.8. The lowest BCUT2D eigenvalue weighted by Crippen LogP contribution is -2.38. The molecule has 0 aliphatic heterocycles. The molecule has 2 N–H and O–H groups in total. The molecule has 0 saturated heterocycles. The average molecular weight is 305 g/mol. The number of pyridine rings is 1. The fraction of sp³-hybridized carbons (Fsp3) is 0.583. The van der Waals surface area contributed by atoms with Crippen molar-refractivity contribution in [2.45, 2.75) is 30.6 Å². The van der Waals surface area contributed by atoms with Crippen LogP contribution < -0.4 is 4.72 Å². The van der Waals surface area contributed by atoms with Crippen LogP contribution in [0.3, 0.4) is 0 Å². The Hall–Kier alpha value is -0.690. The Morgan fingerprint density at radius 1 is 1.42 bits per heavy atom. The molecule has 1 fully saturated rings. The van der Waals surface area contributed by atoms with Gasteiger partial charge in [0.2, 0.25) is 10.0 Å². The highest BCUT2D eigenvalue weighted by Crippen LogP contribution is 2.37. The molecule has 1 aliphatic carbocycles. The van der Waals surface area contributed by atoms with E-state index in [1.165, 1.54) is 18.3 Å². The largest absolute Gasteiger partial charge is 0.396 e. The normalized spacial score (nSPS) is 18.6. The lowest BCUT2D eigenvalue weighted by atomic mass is 9.88. The molecular weight excluding hydrogens is 288 g/mol. The molecule has 1 aromatic rings. The maximum Gasteiger partial charge on any atom is 0.240 e. The van der Waals surface area contributed by atoms with Gasteiger partial charge in [-0.15, -0.1) is 0 Å². The minimum absolute atomic E-state index is 0.00657. The van der Waals surface area contributed by atoms with Crippen molar-refractivity contribution < 1.29 is 13.5 Å². The van der Waals surface area contributed by atoms with E-state index in [1.54, 1.807) is 0 Å². The number of sulfonamides is 1. The molecule has 1 aliphatic rings. The number of hydrogen-bond donors (Lipinski definition) is 2. The number of nitrogens with zero attached hydrogens (tertiary/aromatic N) is 1. The minimum Gasteiger partial charge on any atom is -0.396 e. The van der Waals surface area contributed by atoms with Gasteiger partial charge in [0.25, 0.3) is 0 Å². The zero-order valence-electron chi connectivity index (χ0n) is 10.5. The van der Waals surface area contributed by atoms with Crippen molar-refractivity contribution in [3.05, 3.63) is 23.5 Å². The van der Waals surface area contributed by atoms with Crippen LogP contribution in [0.1, 0.15) is 25.7 Å². The SMILES string of the molecule is O=S(=O)(NCC1(CO)CCCC1)c1ccnc(Cl)c1. The van der Waals surface area contributed by atoms with Gasteiger partial charge in [-0.2, -0.15) is 0 Å². The highest BCUT2D eigenvalue weighted by molar-refractivity contribution is 7.89. The Bertz CT molecular complexity index is 542. The average Bonchev–Trinajstić information content (AvgIpc) is 2.86. The van der Waals surface area contributed by atoms with Crippen LogP contribution in [0.2, 0.25) is 5.15 Å². The Balaban J connectivity index is 2.09. The topological polar surface area (TPSA) is 79.3 Å².